The second-order valence-corrected chi connectivity index (χ2v) is 7.43. The number of hydrogen-bond donors (Lipinski definition) is 1. The third-order valence-corrected chi connectivity index (χ3v) is 4.86. The van der Waals surface area contributed by atoms with Gasteiger partial charge in [-0.1, -0.05) is 0 Å². The van der Waals surface area contributed by atoms with Crippen molar-refractivity contribution in [2.45, 2.75) is 32.4 Å². The molecule has 0 amide bonds. The van der Waals surface area contributed by atoms with Crippen molar-refractivity contribution in [2.24, 2.45) is 0 Å². The minimum absolute atomic E-state index is 0.263. The molecule has 0 saturated heterocycles. The van der Waals surface area contributed by atoms with Crippen LogP contribution in [0.25, 0.3) is 10.2 Å². The second kappa shape index (κ2) is 6.59. The summed E-state index contributed by atoms with van der Waals surface area (Å²) in [4.78, 5) is 4.47. The Balaban J connectivity index is 1.98. The lowest BCUT2D eigenvalue weighted by Crippen LogP contribution is -2.30. The van der Waals surface area contributed by atoms with Crippen LogP contribution in [0.4, 0.5) is 0 Å². The van der Waals surface area contributed by atoms with Crippen molar-refractivity contribution in [1.29, 1.82) is 0 Å². The Labute approximate surface area is 120 Å². The molecular formula is C14H20N2OS2. The van der Waals surface area contributed by atoms with Gasteiger partial charge in [-0.2, -0.15) is 0 Å². The average molecular weight is 296 g/mol. The molecule has 2 heterocycles. The summed E-state index contributed by atoms with van der Waals surface area (Å²) in [5.74, 6) is 0.753. The van der Waals surface area contributed by atoms with E-state index in [1.54, 1.807) is 17.6 Å². The lowest BCUT2D eigenvalue weighted by Gasteiger charge is -2.19. The Hall–Kier alpha value is -0.780. The molecule has 1 N–H and O–H groups in total. The number of fused-ring (bicyclic) bond motifs is 1. The Bertz CT molecular complexity index is 567. The van der Waals surface area contributed by atoms with Gasteiger partial charge in [-0.05, 0) is 43.3 Å². The maximum Gasteiger partial charge on any atom is 0.0809 e. The van der Waals surface area contributed by atoms with Crippen LogP contribution in [0.15, 0.2) is 23.7 Å². The van der Waals surface area contributed by atoms with Gasteiger partial charge in [0.05, 0.1) is 10.2 Å². The van der Waals surface area contributed by atoms with E-state index < -0.39 is 10.8 Å². The van der Waals surface area contributed by atoms with Crippen molar-refractivity contribution < 1.29 is 4.21 Å². The van der Waals surface area contributed by atoms with Crippen molar-refractivity contribution in [3.63, 3.8) is 0 Å². The fourth-order valence-corrected chi connectivity index (χ4v) is 3.52. The average Bonchev–Trinajstić information content (AvgIpc) is 2.83. The number of hydrogen-bond acceptors (Lipinski definition) is 4. The van der Waals surface area contributed by atoms with Crippen LogP contribution in [0.2, 0.25) is 0 Å². The van der Waals surface area contributed by atoms with Gasteiger partial charge in [0.25, 0.3) is 0 Å². The van der Waals surface area contributed by atoms with Gasteiger partial charge in [0.15, 0.2) is 0 Å². The fraction of sp³-hybridized carbons (Fsp3) is 0.500. The van der Waals surface area contributed by atoms with Crippen molar-refractivity contribution >= 4 is 32.4 Å². The number of aromatic nitrogens is 1. The summed E-state index contributed by atoms with van der Waals surface area (Å²) in [6.07, 6.45) is 4.63. The highest BCUT2D eigenvalue weighted by Crippen LogP contribution is 2.22. The van der Waals surface area contributed by atoms with Crippen LogP contribution in [0.3, 0.4) is 0 Å². The summed E-state index contributed by atoms with van der Waals surface area (Å²) in [5.41, 5.74) is 2.27. The summed E-state index contributed by atoms with van der Waals surface area (Å²) in [5, 5.41) is 5.61. The van der Waals surface area contributed by atoms with E-state index in [9.17, 15) is 4.21 Å². The summed E-state index contributed by atoms with van der Waals surface area (Å²) < 4.78 is 12.3. The monoisotopic (exact) mass is 296 g/mol. The molecule has 0 aliphatic carbocycles. The van der Waals surface area contributed by atoms with Gasteiger partial charge in [-0.25, -0.2) is 0 Å². The Kier molecular flexibility index (Phi) is 5.07. The predicted octanol–water partition coefficient (Wildman–Crippen LogP) is 3.10. The topological polar surface area (TPSA) is 42.0 Å². The minimum Gasteiger partial charge on any atom is -0.308 e. The standard InChI is InChI=1S/C14H20N2OS2/c1-10(5-7-19(3)17)16-11(2)12-8-14-13(15-9-12)4-6-18-14/h4,6,8-11,16H,5,7H2,1-3H3. The number of rotatable bonds is 6. The van der Waals surface area contributed by atoms with Crippen LogP contribution in [-0.4, -0.2) is 27.2 Å². The zero-order valence-electron chi connectivity index (χ0n) is 11.6. The maximum absolute atomic E-state index is 11.1. The highest BCUT2D eigenvalue weighted by molar-refractivity contribution is 7.84. The van der Waals surface area contributed by atoms with Gasteiger partial charge in [-0.15, -0.1) is 11.3 Å². The lowest BCUT2D eigenvalue weighted by atomic mass is 10.1. The molecular weight excluding hydrogens is 276 g/mol. The van der Waals surface area contributed by atoms with E-state index in [4.69, 9.17) is 0 Å². The summed E-state index contributed by atoms with van der Waals surface area (Å²) in [6, 6.07) is 4.87. The summed E-state index contributed by atoms with van der Waals surface area (Å²) in [6.45, 7) is 4.29. The van der Waals surface area contributed by atoms with Crippen LogP contribution in [-0.2, 0) is 10.8 Å². The largest absolute Gasteiger partial charge is 0.308 e. The molecule has 0 aliphatic rings. The zero-order valence-corrected chi connectivity index (χ0v) is 13.2. The lowest BCUT2D eigenvalue weighted by molar-refractivity contribution is 0.470. The van der Waals surface area contributed by atoms with E-state index in [-0.39, 0.29) is 6.04 Å². The van der Waals surface area contributed by atoms with E-state index in [0.717, 1.165) is 17.7 Å². The highest BCUT2D eigenvalue weighted by Gasteiger charge is 2.11. The van der Waals surface area contributed by atoms with E-state index in [1.165, 1.54) is 10.3 Å². The fourth-order valence-electron chi connectivity index (χ4n) is 2.05. The first kappa shape index (κ1) is 14.6. The molecule has 2 aromatic rings. The smallest absolute Gasteiger partial charge is 0.0809 e. The first-order valence-electron chi connectivity index (χ1n) is 6.45. The van der Waals surface area contributed by atoms with Gasteiger partial charge in [-0.3, -0.25) is 9.19 Å². The van der Waals surface area contributed by atoms with Gasteiger partial charge >= 0.3 is 0 Å². The molecule has 0 spiro atoms. The molecule has 3 atom stereocenters. The van der Waals surface area contributed by atoms with E-state index in [1.807, 2.05) is 12.3 Å². The molecule has 0 bridgehead atoms. The van der Waals surface area contributed by atoms with Crippen molar-refractivity contribution in [1.82, 2.24) is 10.3 Å². The van der Waals surface area contributed by atoms with Gasteiger partial charge in [0.2, 0.25) is 0 Å². The van der Waals surface area contributed by atoms with Gasteiger partial charge in [0.1, 0.15) is 0 Å². The number of nitrogens with one attached hydrogen (secondary N) is 1. The number of nitrogens with zero attached hydrogens (tertiary/aromatic N) is 1. The van der Waals surface area contributed by atoms with E-state index in [0.29, 0.717) is 6.04 Å². The molecule has 0 radical (unpaired) electrons. The first-order chi connectivity index (χ1) is 9.06. The molecule has 0 fully saturated rings. The van der Waals surface area contributed by atoms with Crippen LogP contribution in [0, 0.1) is 0 Å². The Morgan fingerprint density at radius 3 is 3.00 bits per heavy atom. The quantitative estimate of drug-likeness (QED) is 0.890. The zero-order chi connectivity index (χ0) is 13.8. The van der Waals surface area contributed by atoms with E-state index in [2.05, 4.69) is 35.6 Å². The van der Waals surface area contributed by atoms with E-state index >= 15 is 0 Å². The number of thiophene rings is 1. The third kappa shape index (κ3) is 4.09. The molecule has 19 heavy (non-hydrogen) atoms. The molecule has 2 aromatic heterocycles. The molecule has 0 aliphatic heterocycles. The Morgan fingerprint density at radius 2 is 2.26 bits per heavy atom. The normalized spacial score (nSPS) is 16.4. The van der Waals surface area contributed by atoms with Gasteiger partial charge < -0.3 is 5.32 Å². The summed E-state index contributed by atoms with van der Waals surface area (Å²) in [7, 11) is -0.709. The van der Waals surface area contributed by atoms with Crippen molar-refractivity contribution in [3.05, 3.63) is 29.3 Å². The van der Waals surface area contributed by atoms with Crippen LogP contribution < -0.4 is 5.32 Å². The van der Waals surface area contributed by atoms with Crippen molar-refractivity contribution in [2.75, 3.05) is 12.0 Å². The highest BCUT2D eigenvalue weighted by atomic mass is 32.2. The molecule has 3 unspecified atom stereocenters. The summed E-state index contributed by atoms with van der Waals surface area (Å²) >= 11 is 1.72. The SMILES string of the molecule is CC(CCS(C)=O)NC(C)c1cnc2ccsc2c1. The van der Waals surface area contributed by atoms with Crippen molar-refractivity contribution in [3.8, 4) is 0 Å². The molecule has 2 rings (SSSR count). The minimum atomic E-state index is -0.709. The third-order valence-electron chi connectivity index (χ3n) is 3.20. The molecule has 3 nitrogen and oxygen atoms in total. The van der Waals surface area contributed by atoms with Crippen LogP contribution >= 0.6 is 11.3 Å². The maximum atomic E-state index is 11.1. The molecule has 5 heteroatoms. The molecule has 0 aromatic carbocycles. The number of pyridine rings is 1. The molecule has 104 valence electrons. The predicted molar refractivity (Wildman–Crippen MR) is 84.2 cm³/mol. The Morgan fingerprint density at radius 1 is 1.47 bits per heavy atom. The second-order valence-electron chi connectivity index (χ2n) is 4.93. The van der Waals surface area contributed by atoms with Crippen LogP contribution in [0.1, 0.15) is 31.9 Å². The molecule has 0 saturated carbocycles. The van der Waals surface area contributed by atoms with Gasteiger partial charge in [0, 0.05) is 41.1 Å². The first-order valence-corrected chi connectivity index (χ1v) is 9.06. The van der Waals surface area contributed by atoms with Crippen LogP contribution in [0.5, 0.6) is 0 Å².